The van der Waals surface area contributed by atoms with Gasteiger partial charge in [0.15, 0.2) is 0 Å². The molecule has 0 aliphatic carbocycles. The van der Waals surface area contributed by atoms with Gasteiger partial charge in [0, 0.05) is 23.2 Å². The van der Waals surface area contributed by atoms with Crippen molar-refractivity contribution in [1.29, 1.82) is 0 Å². The molecule has 4 heteroatoms. The van der Waals surface area contributed by atoms with Crippen molar-refractivity contribution < 1.29 is 4.74 Å². The molecule has 0 saturated heterocycles. The van der Waals surface area contributed by atoms with E-state index in [9.17, 15) is 0 Å². The molecule has 21 heavy (non-hydrogen) atoms. The highest BCUT2D eigenvalue weighted by atomic mass is 32.1. The fourth-order valence-corrected chi connectivity index (χ4v) is 2.75. The van der Waals surface area contributed by atoms with Crippen LogP contribution in [-0.4, -0.2) is 11.5 Å². The fourth-order valence-electron chi connectivity index (χ4n) is 2.13. The molecule has 0 fully saturated rings. The van der Waals surface area contributed by atoms with Gasteiger partial charge in [0.25, 0.3) is 0 Å². The summed E-state index contributed by atoms with van der Waals surface area (Å²) in [5.41, 5.74) is 2.37. The first kappa shape index (κ1) is 16.0. The van der Waals surface area contributed by atoms with Gasteiger partial charge in [-0.25, -0.2) is 4.98 Å². The van der Waals surface area contributed by atoms with Gasteiger partial charge in [0.2, 0.25) is 5.88 Å². The Morgan fingerprint density at radius 3 is 2.86 bits per heavy atom. The van der Waals surface area contributed by atoms with E-state index in [-0.39, 0.29) is 0 Å². The molecular weight excluding hydrogens is 280 g/mol. The van der Waals surface area contributed by atoms with Crippen LogP contribution in [0.15, 0.2) is 29.6 Å². The second-order valence-corrected chi connectivity index (χ2v) is 6.13. The van der Waals surface area contributed by atoms with Gasteiger partial charge in [-0.15, -0.1) is 11.3 Å². The minimum atomic E-state index is 0.599. The molecule has 114 valence electrons. The predicted molar refractivity (Wildman–Crippen MR) is 88.9 cm³/mol. The zero-order valence-electron chi connectivity index (χ0n) is 12.9. The lowest BCUT2D eigenvalue weighted by atomic mass is 10.1. The van der Waals surface area contributed by atoms with Gasteiger partial charge < -0.3 is 10.1 Å². The van der Waals surface area contributed by atoms with Gasteiger partial charge in [0.1, 0.15) is 6.61 Å². The normalized spacial score (nSPS) is 10.8. The summed E-state index contributed by atoms with van der Waals surface area (Å²) in [6, 6.07) is 8.37. The van der Waals surface area contributed by atoms with E-state index in [2.05, 4.69) is 47.7 Å². The van der Waals surface area contributed by atoms with E-state index >= 15 is 0 Å². The monoisotopic (exact) mass is 304 g/mol. The zero-order valence-corrected chi connectivity index (χ0v) is 13.7. The molecule has 0 amide bonds. The molecule has 2 rings (SSSR count). The van der Waals surface area contributed by atoms with Crippen LogP contribution in [0.2, 0.25) is 0 Å². The lowest BCUT2D eigenvalue weighted by Gasteiger charge is -2.10. The molecule has 0 unspecified atom stereocenters. The summed E-state index contributed by atoms with van der Waals surface area (Å²) in [4.78, 5) is 5.83. The predicted octanol–water partition coefficient (Wildman–Crippen LogP) is 4.17. The van der Waals surface area contributed by atoms with Crippen LogP contribution in [0.4, 0.5) is 0 Å². The molecule has 2 heterocycles. The van der Waals surface area contributed by atoms with Crippen LogP contribution in [0.3, 0.4) is 0 Å². The minimum absolute atomic E-state index is 0.599. The van der Waals surface area contributed by atoms with Gasteiger partial charge in [-0.1, -0.05) is 26.3 Å². The Labute approximate surface area is 131 Å². The number of ether oxygens (including phenoxy) is 1. The molecule has 0 aliphatic heterocycles. The second kappa shape index (κ2) is 8.80. The Morgan fingerprint density at radius 2 is 2.14 bits per heavy atom. The van der Waals surface area contributed by atoms with E-state index in [1.807, 2.05) is 6.07 Å². The number of hydrogen-bond donors (Lipinski definition) is 1. The number of hydrogen-bond acceptors (Lipinski definition) is 4. The largest absolute Gasteiger partial charge is 0.472 e. The average molecular weight is 304 g/mol. The fraction of sp³-hybridized carbons (Fsp3) is 0.471. The Kier molecular flexibility index (Phi) is 6.70. The van der Waals surface area contributed by atoms with Crippen molar-refractivity contribution in [3.05, 3.63) is 45.8 Å². The molecule has 0 saturated carbocycles. The van der Waals surface area contributed by atoms with Gasteiger partial charge in [-0.3, -0.25) is 0 Å². The van der Waals surface area contributed by atoms with Gasteiger partial charge >= 0.3 is 0 Å². The maximum absolute atomic E-state index is 5.86. The molecule has 0 radical (unpaired) electrons. The van der Waals surface area contributed by atoms with Crippen LogP contribution in [-0.2, 0) is 19.6 Å². The first-order valence-corrected chi connectivity index (χ1v) is 8.55. The van der Waals surface area contributed by atoms with Crippen LogP contribution in [0.25, 0.3) is 0 Å². The summed E-state index contributed by atoms with van der Waals surface area (Å²) >= 11 is 1.71. The van der Waals surface area contributed by atoms with Crippen LogP contribution >= 0.6 is 11.3 Å². The third kappa shape index (κ3) is 5.48. The van der Waals surface area contributed by atoms with Crippen molar-refractivity contribution in [1.82, 2.24) is 10.3 Å². The van der Waals surface area contributed by atoms with Crippen molar-refractivity contribution in [2.75, 3.05) is 6.54 Å². The first-order chi connectivity index (χ1) is 10.3. The SMILES string of the molecule is CCCNCc1cc(CCC)nc(OCc2cccs2)c1. The maximum atomic E-state index is 5.86. The molecule has 0 bridgehead atoms. The topological polar surface area (TPSA) is 34.2 Å². The van der Waals surface area contributed by atoms with E-state index in [1.54, 1.807) is 11.3 Å². The van der Waals surface area contributed by atoms with E-state index in [0.717, 1.165) is 43.9 Å². The summed E-state index contributed by atoms with van der Waals surface area (Å²) in [5, 5.41) is 5.51. The van der Waals surface area contributed by atoms with Gasteiger partial charge in [-0.2, -0.15) is 0 Å². The quantitative estimate of drug-likeness (QED) is 0.706. The Bertz CT molecular complexity index is 526. The molecule has 0 spiro atoms. The van der Waals surface area contributed by atoms with Crippen molar-refractivity contribution >= 4 is 11.3 Å². The molecule has 0 atom stereocenters. The minimum Gasteiger partial charge on any atom is -0.472 e. The van der Waals surface area contributed by atoms with Crippen LogP contribution < -0.4 is 10.1 Å². The maximum Gasteiger partial charge on any atom is 0.214 e. The van der Waals surface area contributed by atoms with Gasteiger partial charge in [0.05, 0.1) is 0 Å². The van der Waals surface area contributed by atoms with Gasteiger partial charge in [-0.05, 0) is 42.5 Å². The standard InChI is InChI=1S/C17H24N2OS/c1-3-6-15-10-14(12-18-8-4-2)11-17(19-15)20-13-16-7-5-9-21-16/h5,7,9-11,18H,3-4,6,8,12-13H2,1-2H3. The zero-order chi connectivity index (χ0) is 14.9. The molecule has 0 aliphatic rings. The summed E-state index contributed by atoms with van der Waals surface area (Å²) in [5.74, 6) is 0.739. The third-order valence-corrected chi connectivity index (χ3v) is 3.97. The smallest absolute Gasteiger partial charge is 0.214 e. The molecule has 1 N–H and O–H groups in total. The number of aromatic nitrogens is 1. The molecule has 2 aromatic rings. The van der Waals surface area contributed by atoms with Crippen molar-refractivity contribution in [3.8, 4) is 5.88 Å². The highest BCUT2D eigenvalue weighted by Crippen LogP contribution is 2.17. The first-order valence-electron chi connectivity index (χ1n) is 7.67. The highest BCUT2D eigenvalue weighted by molar-refractivity contribution is 7.09. The number of nitrogens with one attached hydrogen (secondary N) is 1. The summed E-state index contributed by atoms with van der Waals surface area (Å²) < 4.78 is 5.86. The molecule has 3 nitrogen and oxygen atoms in total. The van der Waals surface area contributed by atoms with E-state index in [0.29, 0.717) is 6.61 Å². The Balaban J connectivity index is 2.03. The number of pyridine rings is 1. The number of rotatable bonds is 9. The van der Waals surface area contributed by atoms with E-state index in [4.69, 9.17) is 4.74 Å². The highest BCUT2D eigenvalue weighted by Gasteiger charge is 2.05. The number of thiophene rings is 1. The lowest BCUT2D eigenvalue weighted by Crippen LogP contribution is -2.14. The Morgan fingerprint density at radius 1 is 1.24 bits per heavy atom. The molecule has 0 aromatic carbocycles. The molecular formula is C17H24N2OS. The number of aryl methyl sites for hydroxylation is 1. The summed E-state index contributed by atoms with van der Waals surface area (Å²) in [6.45, 7) is 6.87. The van der Waals surface area contributed by atoms with Crippen LogP contribution in [0.5, 0.6) is 5.88 Å². The summed E-state index contributed by atoms with van der Waals surface area (Å²) in [6.07, 6.45) is 3.24. The van der Waals surface area contributed by atoms with Crippen molar-refractivity contribution in [2.45, 2.75) is 46.3 Å². The van der Waals surface area contributed by atoms with Crippen LogP contribution in [0, 0.1) is 0 Å². The second-order valence-electron chi connectivity index (χ2n) is 5.10. The summed E-state index contributed by atoms with van der Waals surface area (Å²) in [7, 11) is 0. The Hall–Kier alpha value is -1.39. The van der Waals surface area contributed by atoms with Crippen molar-refractivity contribution in [3.63, 3.8) is 0 Å². The lowest BCUT2D eigenvalue weighted by molar-refractivity contribution is 0.296. The molecule has 2 aromatic heterocycles. The average Bonchev–Trinajstić information content (AvgIpc) is 2.99. The third-order valence-electron chi connectivity index (χ3n) is 3.12. The van der Waals surface area contributed by atoms with E-state index in [1.165, 1.54) is 10.4 Å². The van der Waals surface area contributed by atoms with Crippen LogP contribution in [0.1, 0.15) is 42.8 Å². The van der Waals surface area contributed by atoms with E-state index < -0.39 is 0 Å². The van der Waals surface area contributed by atoms with Crippen molar-refractivity contribution in [2.24, 2.45) is 0 Å². The number of nitrogens with zero attached hydrogens (tertiary/aromatic N) is 1.